The van der Waals surface area contributed by atoms with E-state index in [4.69, 9.17) is 9.47 Å². The van der Waals surface area contributed by atoms with Crippen molar-refractivity contribution in [2.75, 3.05) is 13.2 Å². The van der Waals surface area contributed by atoms with Crippen molar-refractivity contribution in [2.24, 2.45) is 0 Å². The van der Waals surface area contributed by atoms with E-state index in [2.05, 4.69) is 18.4 Å². The molecule has 0 unspecified atom stereocenters. The first-order valence-corrected chi connectivity index (χ1v) is 7.84. The summed E-state index contributed by atoms with van der Waals surface area (Å²) in [4.78, 5) is 0. The van der Waals surface area contributed by atoms with E-state index >= 15 is 0 Å². The van der Waals surface area contributed by atoms with Crippen LogP contribution in [0.25, 0.3) is 0 Å². The van der Waals surface area contributed by atoms with Crippen LogP contribution in [-0.2, 0) is 0 Å². The summed E-state index contributed by atoms with van der Waals surface area (Å²) in [6.07, 6.45) is 2.06. The quantitative estimate of drug-likeness (QED) is 0.311. The molecule has 6 heteroatoms. The van der Waals surface area contributed by atoms with Crippen LogP contribution >= 0.6 is 0 Å². The molecule has 0 aromatic heterocycles. The number of halogens is 4. The second-order valence-corrected chi connectivity index (χ2v) is 5.09. The first kappa shape index (κ1) is 19.4. The SMILES string of the molecule is C=CCCOc1ccc(C#Cc2ccc(OCC)c(F)c2F)c(F)c1F. The van der Waals surface area contributed by atoms with Crippen molar-refractivity contribution in [1.82, 2.24) is 0 Å². The predicted octanol–water partition coefficient (Wildman–Crippen LogP) is 5.00. The van der Waals surface area contributed by atoms with Gasteiger partial charge in [-0.3, -0.25) is 0 Å². The summed E-state index contributed by atoms with van der Waals surface area (Å²) < 4.78 is 65.8. The third-order valence-electron chi connectivity index (χ3n) is 3.30. The molecule has 0 spiro atoms. The summed E-state index contributed by atoms with van der Waals surface area (Å²) in [7, 11) is 0. The van der Waals surface area contributed by atoms with Gasteiger partial charge in [-0.1, -0.05) is 17.9 Å². The van der Waals surface area contributed by atoms with Crippen LogP contribution in [0.5, 0.6) is 11.5 Å². The van der Waals surface area contributed by atoms with Crippen molar-refractivity contribution in [1.29, 1.82) is 0 Å². The molecule has 0 aliphatic carbocycles. The zero-order valence-electron chi connectivity index (χ0n) is 14.0. The summed E-state index contributed by atoms with van der Waals surface area (Å²) in [6.45, 7) is 5.46. The molecule has 0 aliphatic rings. The van der Waals surface area contributed by atoms with Gasteiger partial charge in [0.1, 0.15) is 0 Å². The van der Waals surface area contributed by atoms with Crippen molar-refractivity contribution < 1.29 is 27.0 Å². The van der Waals surface area contributed by atoms with Crippen molar-refractivity contribution in [3.63, 3.8) is 0 Å². The fraction of sp³-hybridized carbons (Fsp3) is 0.200. The Balaban J connectivity index is 2.29. The van der Waals surface area contributed by atoms with Crippen LogP contribution < -0.4 is 9.47 Å². The standard InChI is InChI=1S/C20H16F4O2/c1-3-5-12-26-16-11-9-14(18(22)20(16)24)7-6-13-8-10-15(25-4-2)19(23)17(13)21/h3,8-11H,1,4-5,12H2,2H3. The van der Waals surface area contributed by atoms with Gasteiger partial charge in [0.05, 0.1) is 24.3 Å². The van der Waals surface area contributed by atoms with Gasteiger partial charge in [-0.15, -0.1) is 6.58 Å². The number of hydrogen-bond acceptors (Lipinski definition) is 2. The molecule has 0 N–H and O–H groups in total. The average Bonchev–Trinajstić information content (AvgIpc) is 2.63. The van der Waals surface area contributed by atoms with Gasteiger partial charge >= 0.3 is 0 Å². The van der Waals surface area contributed by atoms with Crippen molar-refractivity contribution in [2.45, 2.75) is 13.3 Å². The van der Waals surface area contributed by atoms with Crippen LogP contribution in [0.2, 0.25) is 0 Å². The minimum atomic E-state index is -1.22. The van der Waals surface area contributed by atoms with Crippen molar-refractivity contribution in [3.05, 3.63) is 71.3 Å². The van der Waals surface area contributed by atoms with Crippen LogP contribution in [0.4, 0.5) is 17.6 Å². The van der Waals surface area contributed by atoms with Crippen molar-refractivity contribution >= 4 is 0 Å². The summed E-state index contributed by atoms with van der Waals surface area (Å²) >= 11 is 0. The third kappa shape index (κ3) is 4.37. The van der Waals surface area contributed by atoms with E-state index in [0.717, 1.165) is 0 Å². The molecule has 0 radical (unpaired) electrons. The van der Waals surface area contributed by atoms with Gasteiger partial charge in [-0.2, -0.15) is 8.78 Å². The van der Waals surface area contributed by atoms with Gasteiger partial charge in [0, 0.05) is 0 Å². The van der Waals surface area contributed by atoms with Crippen LogP contribution in [0.1, 0.15) is 24.5 Å². The number of hydrogen-bond donors (Lipinski definition) is 0. The van der Waals surface area contributed by atoms with Gasteiger partial charge in [0.15, 0.2) is 23.1 Å². The molecule has 0 amide bonds. The molecule has 136 valence electrons. The van der Waals surface area contributed by atoms with E-state index in [0.29, 0.717) is 6.42 Å². The Labute approximate surface area is 149 Å². The Morgan fingerprint density at radius 2 is 1.35 bits per heavy atom. The van der Waals surface area contributed by atoms with Crippen molar-refractivity contribution in [3.8, 4) is 23.3 Å². The van der Waals surface area contributed by atoms with E-state index < -0.39 is 23.3 Å². The Morgan fingerprint density at radius 1 is 0.846 bits per heavy atom. The maximum Gasteiger partial charge on any atom is 0.201 e. The fourth-order valence-corrected chi connectivity index (χ4v) is 2.02. The lowest BCUT2D eigenvalue weighted by Gasteiger charge is -2.07. The molecule has 0 saturated carbocycles. The largest absolute Gasteiger partial charge is 0.491 e. The molecular formula is C20H16F4O2. The minimum absolute atomic E-state index is 0.154. The van der Waals surface area contributed by atoms with Crippen LogP contribution in [0, 0.1) is 35.1 Å². The predicted molar refractivity (Wildman–Crippen MR) is 90.2 cm³/mol. The van der Waals surface area contributed by atoms with Crippen LogP contribution in [-0.4, -0.2) is 13.2 Å². The molecule has 0 bridgehead atoms. The molecule has 0 fully saturated rings. The molecule has 2 nitrogen and oxygen atoms in total. The maximum absolute atomic E-state index is 14.1. The summed E-state index contributed by atoms with van der Waals surface area (Å²) in [5.74, 6) is -0.716. The highest BCUT2D eigenvalue weighted by molar-refractivity contribution is 5.47. The van der Waals surface area contributed by atoms with Crippen LogP contribution in [0.15, 0.2) is 36.9 Å². The average molecular weight is 364 g/mol. The highest BCUT2D eigenvalue weighted by Crippen LogP contribution is 2.24. The van der Waals surface area contributed by atoms with E-state index in [-0.39, 0.29) is 35.8 Å². The van der Waals surface area contributed by atoms with Gasteiger partial charge in [-0.05, 0) is 37.6 Å². The lowest BCUT2D eigenvalue weighted by atomic mass is 10.1. The normalized spacial score (nSPS) is 10.0. The first-order chi connectivity index (χ1) is 12.5. The van der Waals surface area contributed by atoms with E-state index in [1.807, 2.05) is 0 Å². The number of rotatable bonds is 6. The fourth-order valence-electron chi connectivity index (χ4n) is 2.02. The zero-order chi connectivity index (χ0) is 19.1. The maximum atomic E-state index is 14.1. The highest BCUT2D eigenvalue weighted by Gasteiger charge is 2.15. The molecule has 0 atom stereocenters. The Hall–Kier alpha value is -2.94. The van der Waals surface area contributed by atoms with E-state index in [1.165, 1.54) is 24.3 Å². The van der Waals surface area contributed by atoms with Gasteiger partial charge in [0.2, 0.25) is 11.6 Å². The smallest absolute Gasteiger partial charge is 0.201 e. The summed E-state index contributed by atoms with van der Waals surface area (Å²) in [5.41, 5.74) is -0.593. The number of benzene rings is 2. The Bertz CT molecular complexity index is 866. The molecule has 2 aromatic rings. The molecule has 2 rings (SSSR count). The number of ether oxygens (including phenoxy) is 2. The third-order valence-corrected chi connectivity index (χ3v) is 3.30. The van der Waals surface area contributed by atoms with Crippen LogP contribution in [0.3, 0.4) is 0 Å². The highest BCUT2D eigenvalue weighted by atomic mass is 19.2. The van der Waals surface area contributed by atoms with E-state index in [1.54, 1.807) is 13.0 Å². The molecule has 0 heterocycles. The first-order valence-electron chi connectivity index (χ1n) is 7.84. The Kier molecular flexibility index (Phi) is 6.67. The summed E-state index contributed by atoms with van der Waals surface area (Å²) in [5, 5.41) is 0. The molecule has 26 heavy (non-hydrogen) atoms. The monoisotopic (exact) mass is 364 g/mol. The lowest BCUT2D eigenvalue weighted by molar-refractivity contribution is 0.301. The second-order valence-electron chi connectivity index (χ2n) is 5.09. The molecular weight excluding hydrogens is 348 g/mol. The topological polar surface area (TPSA) is 18.5 Å². The minimum Gasteiger partial charge on any atom is -0.491 e. The molecule has 0 saturated heterocycles. The second kappa shape index (κ2) is 8.95. The lowest BCUT2D eigenvalue weighted by Crippen LogP contribution is -2.01. The zero-order valence-corrected chi connectivity index (χ0v) is 14.0. The van der Waals surface area contributed by atoms with E-state index in [9.17, 15) is 17.6 Å². The molecule has 0 aliphatic heterocycles. The molecule has 2 aromatic carbocycles. The van der Waals surface area contributed by atoms with Gasteiger partial charge in [0.25, 0.3) is 0 Å². The van der Waals surface area contributed by atoms with Gasteiger partial charge < -0.3 is 9.47 Å². The van der Waals surface area contributed by atoms with Gasteiger partial charge in [-0.25, -0.2) is 8.78 Å². The summed E-state index contributed by atoms with van der Waals surface area (Å²) in [6, 6.07) is 4.86. The Morgan fingerprint density at radius 3 is 1.81 bits per heavy atom.